The van der Waals surface area contributed by atoms with Gasteiger partial charge in [-0.3, -0.25) is 0 Å². The van der Waals surface area contributed by atoms with E-state index in [2.05, 4.69) is 164 Å². The van der Waals surface area contributed by atoms with Crippen molar-refractivity contribution in [3.05, 3.63) is 283 Å². The molecule has 6 nitrogen and oxygen atoms in total. The van der Waals surface area contributed by atoms with E-state index < -0.39 is 20.4 Å². The summed E-state index contributed by atoms with van der Waals surface area (Å²) in [5.74, 6) is 1.88. The second-order valence-electron chi connectivity index (χ2n) is 19.6. The molecular weight excluding hydrogens is 1000 g/mol. The van der Waals surface area contributed by atoms with E-state index in [4.69, 9.17) is 17.8 Å². The summed E-state index contributed by atoms with van der Waals surface area (Å²) in [6, 6.07) is 86.8. The number of aryl methyl sites for hydroxylation is 1. The Labute approximate surface area is 455 Å². The lowest BCUT2D eigenvalue weighted by Gasteiger charge is -2.39. The molecule has 13 rings (SSSR count). The summed E-state index contributed by atoms with van der Waals surface area (Å²) in [5.41, 5.74) is 4.12. The Hall–Kier alpha value is -8.92. The molecule has 0 unspecified atom stereocenters. The van der Waals surface area contributed by atoms with Gasteiger partial charge in [0, 0.05) is 14.7 Å². The van der Waals surface area contributed by atoms with Gasteiger partial charge in [-0.15, -0.1) is 0 Å². The van der Waals surface area contributed by atoms with Crippen molar-refractivity contribution in [2.24, 2.45) is 0 Å². The molecule has 0 amide bonds. The highest BCUT2D eigenvalue weighted by Crippen LogP contribution is 2.70. The number of rotatable bonds is 15. The molecule has 0 atom stereocenters. The Balaban J connectivity index is 0.887. The van der Waals surface area contributed by atoms with Crippen LogP contribution in [0.3, 0.4) is 0 Å². The smallest absolute Gasteiger partial charge is 0.307 e. The van der Waals surface area contributed by atoms with Crippen molar-refractivity contribution in [3.8, 4) is 17.2 Å². The van der Waals surface area contributed by atoms with Gasteiger partial charge in [0.1, 0.15) is 37.1 Å². The van der Waals surface area contributed by atoms with Crippen molar-refractivity contribution in [3.63, 3.8) is 0 Å². The Morgan fingerprint density at radius 2 is 0.564 bits per heavy atom. The highest BCUT2D eigenvalue weighted by Gasteiger charge is 2.39. The molecule has 0 aliphatic heterocycles. The van der Waals surface area contributed by atoms with Crippen LogP contribution in [0.4, 0.5) is 0 Å². The summed E-state index contributed by atoms with van der Waals surface area (Å²) in [6.07, 6.45) is 0. The monoisotopic (exact) mass is 1050 g/mol. The van der Waals surface area contributed by atoms with Crippen LogP contribution in [0.2, 0.25) is 0 Å². The molecule has 0 spiro atoms. The largest absolute Gasteiger partial charge is 0.489 e. The molecule has 0 aliphatic rings. The van der Waals surface area contributed by atoms with Crippen LogP contribution in [0.5, 0.6) is 17.2 Å². The highest BCUT2D eigenvalue weighted by atomic mass is 32.3. The van der Waals surface area contributed by atoms with E-state index >= 15 is 0 Å². The fourth-order valence-electron chi connectivity index (χ4n) is 10.8. The van der Waals surface area contributed by atoms with Crippen molar-refractivity contribution in [2.45, 2.75) is 46.3 Å². The lowest BCUT2D eigenvalue weighted by molar-refractivity contribution is 0.307. The minimum absolute atomic E-state index is 0.0534. The minimum atomic E-state index is -4.42. The van der Waals surface area contributed by atoms with Crippen LogP contribution in [-0.2, 0) is 33.6 Å². The standard InChI is InChI=1S/C70H52O6S2/c1-48-26-34-61(35-27-48)78(71,72)76-77(58-36-28-55(29-37-58)73-45-52-42-49-14-2-5-17-62(49)68-23-11-8-20-65(52)68,59-38-30-56(31-39-59)74-46-53-43-50-15-3-6-18-63(50)69-24-12-9-21-66(53)69)60-40-32-57(33-41-60)75-47-54-44-51-16-4-7-19-64(51)70-25-13-10-22-67(54)70/h2-44H,45-47H2,1H3. The molecule has 78 heavy (non-hydrogen) atoms. The van der Waals surface area contributed by atoms with Gasteiger partial charge in [0.15, 0.2) is 0 Å². The number of ether oxygens (including phenoxy) is 3. The third kappa shape index (κ3) is 9.24. The van der Waals surface area contributed by atoms with E-state index in [0.29, 0.717) is 51.8 Å². The molecule has 0 saturated heterocycles. The average Bonchev–Trinajstić information content (AvgIpc) is 3.67. The Bertz CT molecular complexity index is 4080. The van der Waals surface area contributed by atoms with Gasteiger partial charge in [-0.05, 0) is 202 Å². The maximum absolute atomic E-state index is 15.0. The van der Waals surface area contributed by atoms with E-state index in [1.165, 1.54) is 32.3 Å². The van der Waals surface area contributed by atoms with Gasteiger partial charge in [0.2, 0.25) is 0 Å². The first-order chi connectivity index (χ1) is 38.3. The van der Waals surface area contributed by atoms with E-state index in [0.717, 1.165) is 54.6 Å². The van der Waals surface area contributed by atoms with Crippen molar-refractivity contribution in [2.75, 3.05) is 0 Å². The molecule has 0 radical (unpaired) electrons. The molecule has 0 aromatic heterocycles. The third-order valence-electron chi connectivity index (χ3n) is 14.7. The molecule has 0 aliphatic carbocycles. The van der Waals surface area contributed by atoms with E-state index in [9.17, 15) is 8.42 Å². The summed E-state index contributed by atoms with van der Waals surface area (Å²) in [7, 11) is -7.54. The first-order valence-corrected chi connectivity index (χ1v) is 29.0. The molecule has 0 saturated carbocycles. The molecule has 0 N–H and O–H groups in total. The van der Waals surface area contributed by atoms with Crippen LogP contribution in [-0.4, -0.2) is 8.42 Å². The average molecular weight is 1050 g/mol. The molecule has 0 heterocycles. The quantitative estimate of drug-likeness (QED) is 0.0953. The summed E-state index contributed by atoms with van der Waals surface area (Å²) in [6.45, 7) is 2.91. The topological polar surface area (TPSA) is 71.1 Å². The lowest BCUT2D eigenvalue weighted by Crippen LogP contribution is -2.15. The van der Waals surface area contributed by atoms with Crippen LogP contribution in [0, 0.1) is 6.92 Å². The molecule has 13 aromatic rings. The molecule has 0 fully saturated rings. The fraction of sp³-hybridized carbons (Fsp3) is 0.0571. The van der Waals surface area contributed by atoms with Gasteiger partial charge in [0.25, 0.3) is 0 Å². The SMILES string of the molecule is Cc1ccc(S(=O)(=O)OS(c2ccc(OCc3cc4ccccc4c4ccccc34)cc2)(c2ccc(OCc3cc4ccccc4c4ccccc34)cc2)c2ccc(OCc3cc4ccccc4c4ccccc34)cc2)cc1. The third-order valence-corrected chi connectivity index (χ3v) is 19.9. The van der Waals surface area contributed by atoms with Gasteiger partial charge in [-0.2, -0.15) is 8.42 Å². The van der Waals surface area contributed by atoms with E-state index in [-0.39, 0.29) is 4.90 Å². The summed E-state index contributed by atoms with van der Waals surface area (Å²) in [5, 5.41) is 13.9. The zero-order chi connectivity index (χ0) is 52.6. The summed E-state index contributed by atoms with van der Waals surface area (Å²) < 4.78 is 56.6. The van der Waals surface area contributed by atoms with Gasteiger partial charge < -0.3 is 14.2 Å². The maximum Gasteiger partial charge on any atom is 0.307 e. The lowest BCUT2D eigenvalue weighted by atomic mass is 9.98. The first-order valence-electron chi connectivity index (χ1n) is 26.0. The van der Waals surface area contributed by atoms with Crippen LogP contribution < -0.4 is 14.2 Å². The molecular formula is C70H52O6S2. The van der Waals surface area contributed by atoms with Gasteiger partial charge in [-0.25, -0.2) is 3.63 Å². The first kappa shape index (κ1) is 48.7. The summed E-state index contributed by atoms with van der Waals surface area (Å²) >= 11 is 0. The van der Waals surface area contributed by atoms with Crippen molar-refractivity contribution in [1.29, 1.82) is 0 Å². The van der Waals surface area contributed by atoms with Crippen LogP contribution in [0.25, 0.3) is 64.6 Å². The Morgan fingerprint density at radius 3 is 0.885 bits per heavy atom. The predicted molar refractivity (Wildman–Crippen MR) is 319 cm³/mol. The van der Waals surface area contributed by atoms with Gasteiger partial charge in [0.05, 0.1) is 4.90 Å². The Morgan fingerprint density at radius 1 is 0.295 bits per heavy atom. The normalized spacial score (nSPS) is 12.2. The number of hydrogen-bond donors (Lipinski definition) is 0. The zero-order valence-corrected chi connectivity index (χ0v) is 44.3. The predicted octanol–water partition coefficient (Wildman–Crippen LogP) is 18.3. The van der Waals surface area contributed by atoms with Crippen molar-refractivity contribution in [1.82, 2.24) is 0 Å². The number of hydrogen-bond acceptors (Lipinski definition) is 6. The second-order valence-corrected chi connectivity index (χ2v) is 24.0. The minimum Gasteiger partial charge on any atom is -0.489 e. The molecule has 8 heteroatoms. The second kappa shape index (κ2) is 20.6. The zero-order valence-electron chi connectivity index (χ0n) is 42.7. The van der Waals surface area contributed by atoms with Gasteiger partial charge >= 0.3 is 10.1 Å². The molecule has 13 aromatic carbocycles. The van der Waals surface area contributed by atoms with Crippen LogP contribution in [0.1, 0.15) is 22.3 Å². The van der Waals surface area contributed by atoms with E-state index in [1.54, 1.807) is 24.3 Å². The summed E-state index contributed by atoms with van der Waals surface area (Å²) in [4.78, 5) is 2.00. The Kier molecular flexibility index (Phi) is 12.8. The maximum atomic E-state index is 15.0. The van der Waals surface area contributed by atoms with Crippen LogP contribution in [0.15, 0.2) is 280 Å². The molecule has 380 valence electrons. The van der Waals surface area contributed by atoms with Crippen molar-refractivity contribution < 1.29 is 26.3 Å². The molecule has 0 bridgehead atoms. The highest BCUT2D eigenvalue weighted by molar-refractivity contribution is 8.33. The van der Waals surface area contributed by atoms with Crippen molar-refractivity contribution >= 4 is 85.1 Å². The van der Waals surface area contributed by atoms with Gasteiger partial charge in [-0.1, -0.05) is 163 Å². The van der Waals surface area contributed by atoms with E-state index in [1.807, 2.05) is 79.7 Å². The number of benzene rings is 13. The van der Waals surface area contributed by atoms with Crippen LogP contribution >= 0.6 is 10.3 Å². The number of fused-ring (bicyclic) bond motifs is 9. The fourth-order valence-corrected chi connectivity index (χ4v) is 16.0.